The molecule has 0 spiro atoms. The molecule has 0 amide bonds. The van der Waals surface area contributed by atoms with Crippen molar-refractivity contribution in [2.24, 2.45) is 0 Å². The van der Waals surface area contributed by atoms with Gasteiger partial charge < -0.3 is 9.73 Å². The van der Waals surface area contributed by atoms with Gasteiger partial charge >= 0.3 is 6.01 Å². The Hall–Kier alpha value is -1.86. The highest BCUT2D eigenvalue weighted by Crippen LogP contribution is 2.16. The van der Waals surface area contributed by atoms with Gasteiger partial charge in [-0.3, -0.25) is 0 Å². The molecule has 2 aromatic rings. The number of oxazole rings is 1. The second-order valence-electron chi connectivity index (χ2n) is 5.08. The highest BCUT2D eigenvalue weighted by molar-refractivity contribution is 7.92. The van der Waals surface area contributed by atoms with Gasteiger partial charge in [0.25, 0.3) is 10.0 Å². The predicted molar refractivity (Wildman–Crippen MR) is 80.5 cm³/mol. The Kier molecular flexibility index (Phi) is 4.64. The highest BCUT2D eigenvalue weighted by Gasteiger charge is 2.16. The van der Waals surface area contributed by atoms with E-state index in [1.54, 1.807) is 31.2 Å². The molecule has 2 N–H and O–H groups in total. The minimum atomic E-state index is -3.67. The number of aromatic nitrogens is 1. The van der Waals surface area contributed by atoms with Crippen molar-refractivity contribution in [1.82, 2.24) is 10.3 Å². The van der Waals surface area contributed by atoms with Crippen molar-refractivity contribution in [3.8, 4) is 0 Å². The van der Waals surface area contributed by atoms with Crippen molar-refractivity contribution in [2.45, 2.75) is 38.3 Å². The van der Waals surface area contributed by atoms with Crippen LogP contribution in [-0.4, -0.2) is 19.4 Å². The SMILES string of the molecule is Cc1coc(NS(=O)(=O)c2ccc(CNC(C)C)cc2)n1. The zero-order valence-electron chi connectivity index (χ0n) is 12.3. The molecule has 0 unspecified atom stereocenters. The maximum Gasteiger partial charge on any atom is 0.309 e. The van der Waals surface area contributed by atoms with E-state index in [2.05, 4.69) is 28.9 Å². The fraction of sp³-hybridized carbons (Fsp3) is 0.357. The summed E-state index contributed by atoms with van der Waals surface area (Å²) in [6.07, 6.45) is 1.39. The molecule has 0 saturated carbocycles. The number of aryl methyl sites for hydroxylation is 1. The molecule has 0 atom stereocenters. The van der Waals surface area contributed by atoms with Gasteiger partial charge in [-0.1, -0.05) is 26.0 Å². The van der Waals surface area contributed by atoms with Crippen molar-refractivity contribution in [3.05, 3.63) is 41.8 Å². The number of nitrogens with zero attached hydrogens (tertiary/aromatic N) is 1. The molecule has 0 fully saturated rings. The van der Waals surface area contributed by atoms with Crippen LogP contribution in [0.25, 0.3) is 0 Å². The van der Waals surface area contributed by atoms with Crippen LogP contribution in [0.1, 0.15) is 25.1 Å². The lowest BCUT2D eigenvalue weighted by molar-refractivity contribution is 0.569. The molecule has 114 valence electrons. The minimum absolute atomic E-state index is 0.0296. The third kappa shape index (κ3) is 4.30. The molecule has 1 aromatic heterocycles. The summed E-state index contributed by atoms with van der Waals surface area (Å²) in [6, 6.07) is 7.04. The summed E-state index contributed by atoms with van der Waals surface area (Å²) in [7, 11) is -3.67. The van der Waals surface area contributed by atoms with Crippen LogP contribution in [0.2, 0.25) is 0 Å². The van der Waals surface area contributed by atoms with Crippen molar-refractivity contribution >= 4 is 16.0 Å². The molecule has 0 aliphatic heterocycles. The summed E-state index contributed by atoms with van der Waals surface area (Å²) in [5.74, 6) is 0. The van der Waals surface area contributed by atoms with E-state index in [1.165, 1.54) is 6.26 Å². The second-order valence-corrected chi connectivity index (χ2v) is 6.76. The van der Waals surface area contributed by atoms with Crippen LogP contribution in [0.15, 0.2) is 39.8 Å². The van der Waals surface area contributed by atoms with Gasteiger partial charge in [0, 0.05) is 12.6 Å². The summed E-state index contributed by atoms with van der Waals surface area (Å²) in [6.45, 7) is 6.53. The average molecular weight is 309 g/mol. The van der Waals surface area contributed by atoms with Crippen LogP contribution < -0.4 is 10.0 Å². The van der Waals surface area contributed by atoms with E-state index in [0.717, 1.165) is 5.56 Å². The average Bonchev–Trinajstić information content (AvgIpc) is 2.81. The van der Waals surface area contributed by atoms with Crippen molar-refractivity contribution < 1.29 is 12.8 Å². The predicted octanol–water partition coefficient (Wildman–Crippen LogP) is 2.28. The second kappa shape index (κ2) is 6.28. The summed E-state index contributed by atoms with van der Waals surface area (Å²) in [4.78, 5) is 4.09. The first-order chi connectivity index (χ1) is 9.87. The van der Waals surface area contributed by atoms with Crippen molar-refractivity contribution in [1.29, 1.82) is 0 Å². The molecule has 1 heterocycles. The van der Waals surface area contributed by atoms with Gasteiger partial charge in [0.1, 0.15) is 6.26 Å². The van der Waals surface area contributed by atoms with Crippen LogP contribution in [0.4, 0.5) is 6.01 Å². The maximum atomic E-state index is 12.2. The number of hydrogen-bond acceptors (Lipinski definition) is 5. The van der Waals surface area contributed by atoms with E-state index < -0.39 is 10.0 Å². The molecule has 7 heteroatoms. The zero-order valence-corrected chi connectivity index (χ0v) is 13.1. The first kappa shape index (κ1) is 15.5. The number of sulfonamides is 1. The van der Waals surface area contributed by atoms with E-state index in [4.69, 9.17) is 4.42 Å². The molecule has 2 rings (SSSR count). The van der Waals surface area contributed by atoms with E-state index >= 15 is 0 Å². The van der Waals surface area contributed by atoms with E-state index in [9.17, 15) is 8.42 Å². The molecule has 1 aromatic carbocycles. The van der Waals surface area contributed by atoms with Gasteiger partial charge in [-0.05, 0) is 24.6 Å². The Morgan fingerprint density at radius 1 is 1.24 bits per heavy atom. The first-order valence-electron chi connectivity index (χ1n) is 6.64. The lowest BCUT2D eigenvalue weighted by Crippen LogP contribution is -2.21. The Balaban J connectivity index is 2.09. The standard InChI is InChI=1S/C14H19N3O3S/c1-10(2)15-8-12-4-6-13(7-5-12)21(18,19)17-14-16-11(3)9-20-14/h4-7,9-10,15H,8H2,1-3H3,(H,16,17). The molecule has 0 aliphatic rings. The molecular formula is C14H19N3O3S. The quantitative estimate of drug-likeness (QED) is 0.855. The lowest BCUT2D eigenvalue weighted by Gasteiger charge is -2.09. The first-order valence-corrected chi connectivity index (χ1v) is 8.12. The van der Waals surface area contributed by atoms with Gasteiger partial charge in [0.15, 0.2) is 0 Å². The Morgan fingerprint density at radius 3 is 2.43 bits per heavy atom. The summed E-state index contributed by atoms with van der Waals surface area (Å²) in [5, 5.41) is 3.27. The van der Waals surface area contributed by atoms with Crippen molar-refractivity contribution in [2.75, 3.05) is 4.72 Å². The molecule has 6 nitrogen and oxygen atoms in total. The van der Waals surface area contributed by atoms with E-state index in [1.807, 2.05) is 0 Å². The van der Waals surface area contributed by atoms with Gasteiger partial charge in [-0.15, -0.1) is 0 Å². The van der Waals surface area contributed by atoms with Crippen LogP contribution in [0, 0.1) is 6.92 Å². The van der Waals surface area contributed by atoms with Crippen molar-refractivity contribution in [3.63, 3.8) is 0 Å². The van der Waals surface area contributed by atoms with Crippen LogP contribution in [0.5, 0.6) is 0 Å². The molecule has 0 saturated heterocycles. The third-order valence-electron chi connectivity index (χ3n) is 2.79. The van der Waals surface area contributed by atoms with E-state index in [-0.39, 0.29) is 10.9 Å². The normalized spacial score (nSPS) is 11.8. The van der Waals surface area contributed by atoms with Gasteiger partial charge in [-0.25, -0.2) is 13.1 Å². The summed E-state index contributed by atoms with van der Waals surface area (Å²) < 4.78 is 31.6. The van der Waals surface area contributed by atoms with Crippen LogP contribution in [0.3, 0.4) is 0 Å². The molecule has 0 aliphatic carbocycles. The monoisotopic (exact) mass is 309 g/mol. The molecule has 0 bridgehead atoms. The highest BCUT2D eigenvalue weighted by atomic mass is 32.2. The fourth-order valence-electron chi connectivity index (χ4n) is 1.68. The molecular weight excluding hydrogens is 290 g/mol. The van der Waals surface area contributed by atoms with E-state index in [0.29, 0.717) is 18.3 Å². The number of hydrogen-bond donors (Lipinski definition) is 2. The topological polar surface area (TPSA) is 84.2 Å². The smallest absolute Gasteiger partial charge is 0.309 e. The largest absolute Gasteiger partial charge is 0.431 e. The van der Waals surface area contributed by atoms with Gasteiger partial charge in [-0.2, -0.15) is 4.98 Å². The molecule has 0 radical (unpaired) electrons. The minimum Gasteiger partial charge on any atom is -0.431 e. The summed E-state index contributed by atoms with van der Waals surface area (Å²) >= 11 is 0. The molecule has 21 heavy (non-hydrogen) atoms. The van der Waals surface area contributed by atoms with Crippen LogP contribution in [-0.2, 0) is 16.6 Å². The Bertz CT molecular complexity index is 691. The van der Waals surface area contributed by atoms with Gasteiger partial charge in [0.05, 0.1) is 10.6 Å². The number of anilines is 1. The fourth-order valence-corrected chi connectivity index (χ4v) is 2.62. The lowest BCUT2D eigenvalue weighted by atomic mass is 10.2. The third-order valence-corrected chi connectivity index (χ3v) is 4.12. The number of nitrogens with one attached hydrogen (secondary N) is 2. The Morgan fingerprint density at radius 2 is 1.90 bits per heavy atom. The van der Waals surface area contributed by atoms with Crippen LogP contribution >= 0.6 is 0 Å². The maximum absolute atomic E-state index is 12.2. The Labute approximate surface area is 124 Å². The zero-order chi connectivity index (χ0) is 15.5. The van der Waals surface area contributed by atoms with Gasteiger partial charge in [0.2, 0.25) is 0 Å². The summed E-state index contributed by atoms with van der Waals surface area (Å²) in [5.41, 5.74) is 1.64. The number of rotatable bonds is 6. The number of benzene rings is 1.